The van der Waals surface area contributed by atoms with E-state index in [0.29, 0.717) is 5.56 Å². The molecule has 0 aliphatic carbocycles. The second-order valence-corrected chi connectivity index (χ2v) is 4.21. The Bertz CT molecular complexity index is 687. The number of benzene rings is 1. The summed E-state index contributed by atoms with van der Waals surface area (Å²) in [6, 6.07) is 8.17. The summed E-state index contributed by atoms with van der Waals surface area (Å²) >= 11 is 0. The Labute approximate surface area is 123 Å². The van der Waals surface area contributed by atoms with Crippen LogP contribution < -0.4 is 4.57 Å². The van der Waals surface area contributed by atoms with Gasteiger partial charge in [0, 0.05) is 5.56 Å². The van der Waals surface area contributed by atoms with Crippen LogP contribution in [0.1, 0.15) is 20.8 Å². The highest BCUT2D eigenvalue weighted by molar-refractivity contribution is 5.95. The predicted octanol–water partition coefficient (Wildman–Crippen LogP) is 1.93. The maximum Gasteiger partial charge on any atom is 0.575 e. The van der Waals surface area contributed by atoms with Gasteiger partial charge in [0.15, 0.2) is 6.20 Å². The second kappa shape index (κ2) is 6.33. The molecular weight excluding hydrogens is 301 g/mol. The lowest BCUT2D eigenvalue weighted by Crippen LogP contribution is -2.44. The lowest BCUT2D eigenvalue weighted by atomic mass is 10.1. The minimum absolute atomic E-state index is 0.311. The molecule has 0 amide bonds. The third-order valence-electron chi connectivity index (χ3n) is 2.67. The van der Waals surface area contributed by atoms with Crippen molar-refractivity contribution in [1.29, 1.82) is 0 Å². The summed E-state index contributed by atoms with van der Waals surface area (Å²) in [6.07, 6.45) is -1.71. The Hall–Kier alpha value is -2.77. The average molecular weight is 311 g/mol. The molecule has 22 heavy (non-hydrogen) atoms. The van der Waals surface area contributed by atoms with Crippen molar-refractivity contribution in [3.05, 3.63) is 60.2 Å². The number of hydrogen-bond acceptors (Lipinski definition) is 4. The molecule has 0 fully saturated rings. The molecule has 8 heteroatoms. The Morgan fingerprint density at radius 3 is 2.50 bits per heavy atom. The van der Waals surface area contributed by atoms with E-state index in [4.69, 9.17) is 0 Å². The summed E-state index contributed by atoms with van der Waals surface area (Å²) in [5.74, 6) is -1.99. The summed E-state index contributed by atoms with van der Waals surface area (Å²) in [6.45, 7) is -0.311. The molecule has 0 saturated carbocycles. The van der Waals surface area contributed by atoms with E-state index in [1.165, 1.54) is 12.4 Å². The molecule has 0 saturated heterocycles. The van der Waals surface area contributed by atoms with E-state index in [1.807, 2.05) is 0 Å². The SMILES string of the molecule is O=C(C[n+]1ccncc1C(=O)OC(F)(F)F)c1ccccc1. The van der Waals surface area contributed by atoms with Gasteiger partial charge in [0.1, 0.15) is 6.20 Å². The van der Waals surface area contributed by atoms with Crippen LogP contribution in [0.4, 0.5) is 13.2 Å². The van der Waals surface area contributed by atoms with E-state index >= 15 is 0 Å². The van der Waals surface area contributed by atoms with E-state index in [0.717, 1.165) is 10.8 Å². The molecule has 0 N–H and O–H groups in total. The molecule has 2 rings (SSSR count). The lowest BCUT2D eigenvalue weighted by Gasteiger charge is -2.06. The van der Waals surface area contributed by atoms with Crippen LogP contribution >= 0.6 is 0 Å². The number of nitrogens with zero attached hydrogens (tertiary/aromatic N) is 2. The molecule has 5 nitrogen and oxygen atoms in total. The van der Waals surface area contributed by atoms with Crippen molar-refractivity contribution >= 4 is 11.8 Å². The third kappa shape index (κ3) is 4.11. The monoisotopic (exact) mass is 311 g/mol. The highest BCUT2D eigenvalue weighted by atomic mass is 19.4. The molecule has 2 aromatic rings. The molecule has 0 bridgehead atoms. The minimum atomic E-state index is -5.10. The van der Waals surface area contributed by atoms with Gasteiger partial charge in [-0.2, -0.15) is 4.57 Å². The molecule has 114 valence electrons. The number of esters is 1. The van der Waals surface area contributed by atoms with Crippen molar-refractivity contribution < 1.29 is 32.1 Å². The van der Waals surface area contributed by atoms with Crippen molar-refractivity contribution in [3.63, 3.8) is 0 Å². The van der Waals surface area contributed by atoms with Crippen LogP contribution in [-0.4, -0.2) is 23.1 Å². The van der Waals surface area contributed by atoms with Gasteiger partial charge in [-0.05, 0) is 0 Å². The van der Waals surface area contributed by atoms with E-state index < -0.39 is 18.0 Å². The zero-order valence-corrected chi connectivity index (χ0v) is 11.1. The largest absolute Gasteiger partial charge is 0.575 e. The first-order valence-electron chi connectivity index (χ1n) is 6.08. The Morgan fingerprint density at radius 1 is 1.18 bits per heavy atom. The van der Waals surface area contributed by atoms with Crippen molar-refractivity contribution in [2.45, 2.75) is 12.9 Å². The van der Waals surface area contributed by atoms with Crippen LogP contribution in [0.5, 0.6) is 0 Å². The van der Waals surface area contributed by atoms with E-state index in [2.05, 4.69) is 9.72 Å². The summed E-state index contributed by atoms with van der Waals surface area (Å²) in [7, 11) is 0. The fourth-order valence-electron chi connectivity index (χ4n) is 1.72. The third-order valence-corrected chi connectivity index (χ3v) is 2.67. The van der Waals surface area contributed by atoms with Crippen LogP contribution in [0.25, 0.3) is 0 Å². The van der Waals surface area contributed by atoms with Crippen LogP contribution in [0.15, 0.2) is 48.9 Å². The number of ketones is 1. The maximum atomic E-state index is 12.1. The molecule has 1 heterocycles. The van der Waals surface area contributed by atoms with Crippen molar-refractivity contribution in [1.82, 2.24) is 4.98 Å². The Kier molecular flexibility index (Phi) is 4.50. The van der Waals surface area contributed by atoms with Gasteiger partial charge in [-0.25, -0.2) is 4.79 Å². The fourth-order valence-corrected chi connectivity index (χ4v) is 1.72. The highest BCUT2D eigenvalue weighted by Gasteiger charge is 2.37. The first kappa shape index (κ1) is 15.6. The standard InChI is InChI=1S/C14H10F3N2O3/c15-14(16,17)22-13(21)11-8-18-6-7-19(11)9-12(20)10-4-2-1-3-5-10/h1-8H,9H2/q+1. The molecule has 0 atom stereocenters. The van der Waals surface area contributed by atoms with E-state index in [9.17, 15) is 22.8 Å². The average Bonchev–Trinajstić information content (AvgIpc) is 2.47. The smallest absolute Gasteiger partial charge is 0.365 e. The van der Waals surface area contributed by atoms with Gasteiger partial charge >= 0.3 is 18.0 Å². The highest BCUT2D eigenvalue weighted by Crippen LogP contribution is 2.17. The molecular formula is C14H10F3N2O3+. The zero-order valence-electron chi connectivity index (χ0n) is 11.1. The van der Waals surface area contributed by atoms with Gasteiger partial charge < -0.3 is 4.74 Å². The molecule has 1 aromatic heterocycles. The summed E-state index contributed by atoms with van der Waals surface area (Å²) in [4.78, 5) is 27.1. The number of ether oxygens (including phenoxy) is 1. The molecule has 0 radical (unpaired) electrons. The minimum Gasteiger partial charge on any atom is -0.365 e. The van der Waals surface area contributed by atoms with Crippen molar-refractivity contribution in [3.8, 4) is 0 Å². The number of alkyl halides is 3. The van der Waals surface area contributed by atoms with Crippen molar-refractivity contribution in [2.24, 2.45) is 0 Å². The number of Topliss-reactive ketones (excluding diaryl/α,β-unsaturated/α-hetero) is 1. The lowest BCUT2D eigenvalue weighted by molar-refractivity contribution is -0.686. The number of carbonyl (C=O) groups is 2. The van der Waals surface area contributed by atoms with Crippen LogP contribution in [0, 0.1) is 0 Å². The molecule has 1 aromatic carbocycles. The second-order valence-electron chi connectivity index (χ2n) is 4.21. The quantitative estimate of drug-likeness (QED) is 0.492. The Morgan fingerprint density at radius 2 is 1.86 bits per heavy atom. The number of halogens is 3. The first-order chi connectivity index (χ1) is 10.4. The van der Waals surface area contributed by atoms with E-state index in [1.54, 1.807) is 30.3 Å². The summed E-state index contributed by atoms with van der Waals surface area (Å²) in [5.41, 5.74) is -0.0916. The van der Waals surface area contributed by atoms with Crippen molar-refractivity contribution in [2.75, 3.05) is 0 Å². The van der Waals surface area contributed by atoms with Crippen LogP contribution in [0.2, 0.25) is 0 Å². The topological polar surface area (TPSA) is 60.1 Å². The Balaban J connectivity index is 2.22. The van der Waals surface area contributed by atoms with Crippen LogP contribution in [0.3, 0.4) is 0 Å². The molecule has 0 unspecified atom stereocenters. The van der Waals surface area contributed by atoms with E-state index in [-0.39, 0.29) is 12.3 Å². The zero-order chi connectivity index (χ0) is 16.2. The molecule has 0 aliphatic heterocycles. The van der Waals surface area contributed by atoms with Crippen LogP contribution in [-0.2, 0) is 11.3 Å². The number of hydrogen-bond donors (Lipinski definition) is 0. The molecule has 0 spiro atoms. The van der Waals surface area contributed by atoms with Gasteiger partial charge in [0.05, 0.1) is 6.20 Å². The van der Waals surface area contributed by atoms with Gasteiger partial charge in [-0.3, -0.25) is 9.78 Å². The number of carbonyl (C=O) groups excluding carboxylic acids is 2. The number of aromatic nitrogens is 2. The van der Waals surface area contributed by atoms with Gasteiger partial charge in [-0.15, -0.1) is 13.2 Å². The summed E-state index contributed by atoms with van der Waals surface area (Å²) < 4.78 is 40.7. The predicted molar refractivity (Wildman–Crippen MR) is 66.7 cm³/mol. The van der Waals surface area contributed by atoms with Gasteiger partial charge in [-0.1, -0.05) is 30.3 Å². The molecule has 0 aliphatic rings. The van der Waals surface area contributed by atoms with Gasteiger partial charge in [0.25, 0.3) is 0 Å². The first-order valence-corrected chi connectivity index (χ1v) is 6.08. The summed E-state index contributed by atoms with van der Waals surface area (Å²) in [5, 5.41) is 0. The van der Waals surface area contributed by atoms with Gasteiger partial charge in [0.2, 0.25) is 12.3 Å². The number of rotatable bonds is 4. The fraction of sp³-hybridized carbons (Fsp3) is 0.143. The maximum absolute atomic E-state index is 12.1. The normalized spacial score (nSPS) is 11.0.